The smallest absolute Gasteiger partial charge is 0.279 e. The highest BCUT2D eigenvalue weighted by atomic mass is 32.2. The summed E-state index contributed by atoms with van der Waals surface area (Å²) in [6, 6.07) is 11.7. The molecule has 0 saturated carbocycles. The molecular weight excluding hydrogens is 326 g/mol. The summed E-state index contributed by atoms with van der Waals surface area (Å²) in [5.41, 5.74) is 0.965. The maximum atomic E-state index is 12.0. The Bertz CT molecular complexity index is 774. The fourth-order valence-corrected chi connectivity index (χ4v) is 3.87. The zero-order chi connectivity index (χ0) is 17.0. The molecule has 8 heteroatoms. The second-order valence-corrected chi connectivity index (χ2v) is 7.25. The van der Waals surface area contributed by atoms with Gasteiger partial charge in [0.1, 0.15) is 5.82 Å². The van der Waals surface area contributed by atoms with Crippen LogP contribution in [0.2, 0.25) is 0 Å². The Balaban J connectivity index is 1.71. The molecule has 0 atom stereocenters. The van der Waals surface area contributed by atoms with Crippen LogP contribution in [0.5, 0.6) is 0 Å². The van der Waals surface area contributed by atoms with Crippen molar-refractivity contribution in [3.8, 4) is 11.4 Å². The molecule has 1 fully saturated rings. The van der Waals surface area contributed by atoms with Crippen LogP contribution in [0, 0.1) is 0 Å². The maximum absolute atomic E-state index is 12.0. The molecule has 2 aromatic rings. The number of piperazine rings is 1. The Kier molecular flexibility index (Phi) is 5.08. The van der Waals surface area contributed by atoms with Crippen LogP contribution in [0.1, 0.15) is 6.92 Å². The highest BCUT2D eigenvalue weighted by molar-refractivity contribution is 7.87. The average molecular weight is 347 g/mol. The fourth-order valence-electron chi connectivity index (χ4n) is 2.68. The summed E-state index contributed by atoms with van der Waals surface area (Å²) < 4.78 is 28.1. The van der Waals surface area contributed by atoms with Gasteiger partial charge in [0.15, 0.2) is 5.82 Å². The topological polar surface area (TPSA) is 78.4 Å². The minimum absolute atomic E-state index is 0.398. The maximum Gasteiger partial charge on any atom is 0.279 e. The SMILES string of the molecule is CCNS(=O)(=O)N1CCN(c2ccnc(-c3ccccc3)n2)CC1. The molecule has 7 nitrogen and oxygen atoms in total. The van der Waals surface area contributed by atoms with Gasteiger partial charge in [0.25, 0.3) is 10.2 Å². The minimum atomic E-state index is -3.37. The largest absolute Gasteiger partial charge is 0.354 e. The third kappa shape index (κ3) is 3.72. The first kappa shape index (κ1) is 16.8. The van der Waals surface area contributed by atoms with Crippen molar-refractivity contribution in [2.24, 2.45) is 0 Å². The Morgan fingerprint density at radius 3 is 2.46 bits per heavy atom. The van der Waals surface area contributed by atoms with Crippen molar-refractivity contribution in [2.75, 3.05) is 37.6 Å². The lowest BCUT2D eigenvalue weighted by Crippen LogP contribution is -2.52. The van der Waals surface area contributed by atoms with E-state index in [4.69, 9.17) is 0 Å². The van der Waals surface area contributed by atoms with E-state index >= 15 is 0 Å². The third-order valence-corrected chi connectivity index (χ3v) is 5.60. The number of anilines is 1. The molecule has 0 radical (unpaired) electrons. The normalized spacial score (nSPS) is 16.3. The van der Waals surface area contributed by atoms with Crippen molar-refractivity contribution in [3.05, 3.63) is 42.6 Å². The Labute approximate surface area is 142 Å². The lowest BCUT2D eigenvalue weighted by Gasteiger charge is -2.34. The summed E-state index contributed by atoms with van der Waals surface area (Å²) in [6.45, 7) is 4.28. The van der Waals surface area contributed by atoms with Gasteiger partial charge in [-0.25, -0.2) is 14.7 Å². The number of nitrogens with one attached hydrogen (secondary N) is 1. The number of rotatable bonds is 5. The Morgan fingerprint density at radius 1 is 1.08 bits per heavy atom. The van der Waals surface area contributed by atoms with E-state index < -0.39 is 10.2 Å². The zero-order valence-corrected chi connectivity index (χ0v) is 14.4. The van der Waals surface area contributed by atoms with Gasteiger partial charge < -0.3 is 4.90 Å². The van der Waals surface area contributed by atoms with Crippen molar-refractivity contribution >= 4 is 16.0 Å². The van der Waals surface area contributed by atoms with E-state index in [0.717, 1.165) is 11.4 Å². The first-order chi connectivity index (χ1) is 11.6. The van der Waals surface area contributed by atoms with Crippen LogP contribution in [0.4, 0.5) is 5.82 Å². The van der Waals surface area contributed by atoms with Crippen LogP contribution in [0.25, 0.3) is 11.4 Å². The Hall–Kier alpha value is -2.03. The van der Waals surface area contributed by atoms with Crippen molar-refractivity contribution in [3.63, 3.8) is 0 Å². The standard InChI is InChI=1S/C16H21N5O2S/c1-2-18-24(22,23)21-12-10-20(11-13-21)15-8-9-17-16(19-15)14-6-4-3-5-7-14/h3-9,18H,2,10-13H2,1H3. The summed E-state index contributed by atoms with van der Waals surface area (Å²) in [6.07, 6.45) is 1.74. The molecule has 0 aliphatic carbocycles. The summed E-state index contributed by atoms with van der Waals surface area (Å²) in [4.78, 5) is 11.0. The molecule has 3 rings (SSSR count). The number of hydrogen-bond donors (Lipinski definition) is 1. The molecule has 24 heavy (non-hydrogen) atoms. The predicted molar refractivity (Wildman–Crippen MR) is 93.9 cm³/mol. The van der Waals surface area contributed by atoms with Crippen LogP contribution >= 0.6 is 0 Å². The second-order valence-electron chi connectivity index (χ2n) is 5.49. The quantitative estimate of drug-likeness (QED) is 0.877. The van der Waals surface area contributed by atoms with Gasteiger partial charge in [-0.15, -0.1) is 0 Å². The summed E-state index contributed by atoms with van der Waals surface area (Å²) in [5.74, 6) is 1.50. The summed E-state index contributed by atoms with van der Waals surface area (Å²) in [7, 11) is -3.37. The van der Waals surface area contributed by atoms with E-state index in [1.165, 1.54) is 4.31 Å². The predicted octanol–water partition coefficient (Wildman–Crippen LogP) is 1.12. The van der Waals surface area contributed by atoms with Crippen molar-refractivity contribution < 1.29 is 8.42 Å². The Morgan fingerprint density at radius 2 is 1.79 bits per heavy atom. The second kappa shape index (κ2) is 7.25. The number of nitrogens with zero attached hydrogens (tertiary/aromatic N) is 4. The molecule has 1 aromatic carbocycles. The summed E-state index contributed by atoms with van der Waals surface area (Å²) in [5, 5.41) is 0. The third-order valence-electron chi connectivity index (χ3n) is 3.90. The van der Waals surface area contributed by atoms with E-state index in [1.807, 2.05) is 36.4 Å². The molecule has 0 bridgehead atoms. The van der Waals surface area contributed by atoms with Crippen LogP contribution in [-0.2, 0) is 10.2 Å². The van der Waals surface area contributed by atoms with Gasteiger partial charge in [-0.1, -0.05) is 37.3 Å². The van der Waals surface area contributed by atoms with E-state index in [2.05, 4.69) is 19.6 Å². The van der Waals surface area contributed by atoms with Gasteiger partial charge >= 0.3 is 0 Å². The molecule has 1 N–H and O–H groups in total. The molecule has 0 amide bonds. The van der Waals surface area contributed by atoms with Gasteiger partial charge in [0.05, 0.1) is 0 Å². The van der Waals surface area contributed by atoms with Crippen LogP contribution in [0.15, 0.2) is 42.6 Å². The molecule has 1 saturated heterocycles. The van der Waals surface area contributed by atoms with Gasteiger partial charge in [0.2, 0.25) is 0 Å². The van der Waals surface area contributed by atoms with Crippen LogP contribution in [-0.4, -0.2) is 55.4 Å². The van der Waals surface area contributed by atoms with E-state index in [1.54, 1.807) is 13.1 Å². The van der Waals surface area contributed by atoms with Gasteiger partial charge in [-0.3, -0.25) is 0 Å². The van der Waals surface area contributed by atoms with Crippen molar-refractivity contribution in [1.82, 2.24) is 19.0 Å². The minimum Gasteiger partial charge on any atom is -0.354 e. The lowest BCUT2D eigenvalue weighted by molar-refractivity contribution is 0.378. The highest BCUT2D eigenvalue weighted by Crippen LogP contribution is 2.19. The fraction of sp³-hybridized carbons (Fsp3) is 0.375. The van der Waals surface area contributed by atoms with E-state index in [-0.39, 0.29) is 0 Å². The first-order valence-corrected chi connectivity index (χ1v) is 9.42. The molecule has 2 heterocycles. The number of hydrogen-bond acceptors (Lipinski definition) is 5. The van der Waals surface area contributed by atoms with Crippen molar-refractivity contribution in [1.29, 1.82) is 0 Å². The molecule has 1 aromatic heterocycles. The lowest BCUT2D eigenvalue weighted by atomic mass is 10.2. The van der Waals surface area contributed by atoms with Crippen molar-refractivity contribution in [2.45, 2.75) is 6.92 Å². The number of aromatic nitrogens is 2. The first-order valence-electron chi connectivity index (χ1n) is 7.98. The van der Waals surface area contributed by atoms with E-state index in [9.17, 15) is 8.42 Å². The highest BCUT2D eigenvalue weighted by Gasteiger charge is 2.26. The molecule has 0 spiro atoms. The monoisotopic (exact) mass is 347 g/mol. The number of benzene rings is 1. The summed E-state index contributed by atoms with van der Waals surface area (Å²) >= 11 is 0. The van der Waals surface area contributed by atoms with Gasteiger partial charge in [-0.2, -0.15) is 12.7 Å². The molecule has 1 aliphatic rings. The van der Waals surface area contributed by atoms with Crippen LogP contribution in [0.3, 0.4) is 0 Å². The molecule has 1 aliphatic heterocycles. The van der Waals surface area contributed by atoms with Gasteiger partial charge in [-0.05, 0) is 6.07 Å². The molecule has 128 valence electrons. The molecular formula is C16H21N5O2S. The van der Waals surface area contributed by atoms with Crippen LogP contribution < -0.4 is 9.62 Å². The molecule has 0 unspecified atom stereocenters. The van der Waals surface area contributed by atoms with E-state index in [0.29, 0.717) is 38.5 Å². The van der Waals surface area contributed by atoms with Gasteiger partial charge in [0, 0.05) is 44.5 Å². The zero-order valence-electron chi connectivity index (χ0n) is 13.6. The average Bonchev–Trinajstić information content (AvgIpc) is 2.63.